The summed E-state index contributed by atoms with van der Waals surface area (Å²) in [6.07, 6.45) is 0. The van der Waals surface area contributed by atoms with Gasteiger partial charge in [0.15, 0.2) is 11.6 Å². The largest absolute Gasteiger partial charge is 0.496 e. The van der Waals surface area contributed by atoms with Gasteiger partial charge in [-0.05, 0) is 35.9 Å². The average molecular weight is 264 g/mol. The number of hydrogen-bond acceptors (Lipinski definition) is 2. The normalized spacial score (nSPS) is 10.3. The lowest BCUT2D eigenvalue weighted by molar-refractivity contribution is 0.0696. The molecule has 0 saturated heterocycles. The highest BCUT2D eigenvalue weighted by Gasteiger charge is 2.12. The van der Waals surface area contributed by atoms with Gasteiger partial charge in [-0.25, -0.2) is 13.6 Å². The predicted octanol–water partition coefficient (Wildman–Crippen LogP) is 3.34. The van der Waals surface area contributed by atoms with E-state index in [2.05, 4.69) is 0 Å². The number of aromatic carboxylic acids is 1. The third-order valence-electron chi connectivity index (χ3n) is 2.68. The zero-order chi connectivity index (χ0) is 14.0. The molecule has 2 aromatic carbocycles. The highest BCUT2D eigenvalue weighted by Crippen LogP contribution is 2.31. The summed E-state index contributed by atoms with van der Waals surface area (Å²) >= 11 is 0. The molecule has 0 bridgehead atoms. The van der Waals surface area contributed by atoms with E-state index in [1.165, 1.54) is 31.4 Å². The lowest BCUT2D eigenvalue weighted by Crippen LogP contribution is -1.98. The first kappa shape index (κ1) is 13.0. The van der Waals surface area contributed by atoms with Crippen molar-refractivity contribution in [2.24, 2.45) is 0 Å². The van der Waals surface area contributed by atoms with E-state index in [-0.39, 0.29) is 11.3 Å². The zero-order valence-electron chi connectivity index (χ0n) is 9.98. The fourth-order valence-electron chi connectivity index (χ4n) is 1.73. The highest BCUT2D eigenvalue weighted by molar-refractivity contribution is 5.89. The Morgan fingerprint density at radius 2 is 1.84 bits per heavy atom. The van der Waals surface area contributed by atoms with Gasteiger partial charge in [-0.2, -0.15) is 0 Å². The fraction of sp³-hybridized carbons (Fsp3) is 0.0714. The van der Waals surface area contributed by atoms with Crippen molar-refractivity contribution in [1.29, 1.82) is 0 Å². The van der Waals surface area contributed by atoms with Crippen molar-refractivity contribution in [3.05, 3.63) is 53.6 Å². The number of halogens is 2. The van der Waals surface area contributed by atoms with Crippen LogP contribution in [0.3, 0.4) is 0 Å². The van der Waals surface area contributed by atoms with Crippen LogP contribution in [0.2, 0.25) is 0 Å². The smallest absolute Gasteiger partial charge is 0.335 e. The molecule has 0 unspecified atom stereocenters. The molecule has 2 aromatic rings. The van der Waals surface area contributed by atoms with Crippen LogP contribution >= 0.6 is 0 Å². The molecular formula is C14H10F2O3. The van der Waals surface area contributed by atoms with E-state index in [4.69, 9.17) is 9.84 Å². The number of benzene rings is 2. The summed E-state index contributed by atoms with van der Waals surface area (Å²) in [5, 5.41) is 8.88. The van der Waals surface area contributed by atoms with Gasteiger partial charge in [0.25, 0.3) is 0 Å². The SMILES string of the molecule is COc1cc(C(=O)O)ccc1-c1ccc(F)c(F)c1. The van der Waals surface area contributed by atoms with Gasteiger partial charge in [-0.3, -0.25) is 0 Å². The first-order valence-corrected chi connectivity index (χ1v) is 5.39. The molecular weight excluding hydrogens is 254 g/mol. The van der Waals surface area contributed by atoms with E-state index >= 15 is 0 Å². The van der Waals surface area contributed by atoms with Crippen LogP contribution in [0, 0.1) is 11.6 Å². The van der Waals surface area contributed by atoms with E-state index < -0.39 is 17.6 Å². The molecule has 1 N–H and O–H groups in total. The van der Waals surface area contributed by atoms with Gasteiger partial charge in [0.1, 0.15) is 5.75 Å². The Bertz CT molecular complexity index is 639. The van der Waals surface area contributed by atoms with Crippen molar-refractivity contribution >= 4 is 5.97 Å². The predicted molar refractivity (Wildman–Crippen MR) is 65.3 cm³/mol. The Morgan fingerprint density at radius 1 is 1.11 bits per heavy atom. The number of ether oxygens (including phenoxy) is 1. The standard InChI is InChI=1S/C14H10F2O3/c1-19-13-7-9(14(17)18)2-4-10(13)8-3-5-11(15)12(16)6-8/h2-7H,1H3,(H,17,18). The van der Waals surface area contributed by atoms with Crippen LogP contribution in [-0.2, 0) is 0 Å². The number of rotatable bonds is 3. The molecule has 0 heterocycles. The molecule has 3 nitrogen and oxygen atoms in total. The third kappa shape index (κ3) is 2.54. The zero-order valence-corrected chi connectivity index (χ0v) is 9.98. The minimum atomic E-state index is -1.09. The summed E-state index contributed by atoms with van der Waals surface area (Å²) < 4.78 is 31.2. The molecule has 0 radical (unpaired) electrons. The monoisotopic (exact) mass is 264 g/mol. The van der Waals surface area contributed by atoms with Crippen LogP contribution in [-0.4, -0.2) is 18.2 Å². The van der Waals surface area contributed by atoms with Gasteiger partial charge >= 0.3 is 5.97 Å². The summed E-state index contributed by atoms with van der Waals surface area (Å²) in [5.41, 5.74) is 0.960. The van der Waals surface area contributed by atoms with E-state index in [1.807, 2.05) is 0 Å². The third-order valence-corrected chi connectivity index (χ3v) is 2.68. The molecule has 0 aliphatic heterocycles. The van der Waals surface area contributed by atoms with Gasteiger partial charge in [0.05, 0.1) is 12.7 Å². The molecule has 0 fully saturated rings. The highest BCUT2D eigenvalue weighted by atomic mass is 19.2. The summed E-state index contributed by atoms with van der Waals surface area (Å²) in [6.45, 7) is 0. The number of carboxylic acids is 1. The fourth-order valence-corrected chi connectivity index (χ4v) is 1.73. The molecule has 0 spiro atoms. The first-order chi connectivity index (χ1) is 9.02. The lowest BCUT2D eigenvalue weighted by Gasteiger charge is -2.10. The Morgan fingerprint density at radius 3 is 2.42 bits per heavy atom. The van der Waals surface area contributed by atoms with Crippen molar-refractivity contribution in [2.75, 3.05) is 7.11 Å². The van der Waals surface area contributed by atoms with Gasteiger partial charge < -0.3 is 9.84 Å². The molecule has 0 aliphatic carbocycles. The van der Waals surface area contributed by atoms with Crippen molar-refractivity contribution in [1.82, 2.24) is 0 Å². The van der Waals surface area contributed by atoms with Crippen molar-refractivity contribution < 1.29 is 23.4 Å². The Kier molecular flexibility index (Phi) is 3.46. The maximum atomic E-state index is 13.2. The maximum Gasteiger partial charge on any atom is 0.335 e. The van der Waals surface area contributed by atoms with Crippen LogP contribution in [0.1, 0.15) is 10.4 Å². The maximum absolute atomic E-state index is 13.2. The number of methoxy groups -OCH3 is 1. The molecule has 0 aromatic heterocycles. The second kappa shape index (κ2) is 5.06. The molecule has 0 aliphatic rings. The minimum absolute atomic E-state index is 0.0585. The summed E-state index contributed by atoms with van der Waals surface area (Å²) in [4.78, 5) is 10.9. The van der Waals surface area contributed by atoms with E-state index in [1.54, 1.807) is 0 Å². The molecule has 0 amide bonds. The lowest BCUT2D eigenvalue weighted by atomic mass is 10.0. The van der Waals surface area contributed by atoms with Crippen LogP contribution in [0.25, 0.3) is 11.1 Å². The minimum Gasteiger partial charge on any atom is -0.496 e. The van der Waals surface area contributed by atoms with Crippen molar-refractivity contribution in [2.45, 2.75) is 0 Å². The summed E-state index contributed by atoms with van der Waals surface area (Å²) in [7, 11) is 1.38. The quantitative estimate of drug-likeness (QED) is 0.924. The number of hydrogen-bond donors (Lipinski definition) is 1. The second-order valence-electron chi connectivity index (χ2n) is 3.85. The molecule has 5 heteroatoms. The van der Waals surface area contributed by atoms with E-state index in [0.717, 1.165) is 12.1 Å². The molecule has 0 atom stereocenters. The van der Waals surface area contributed by atoms with E-state index in [0.29, 0.717) is 11.1 Å². The van der Waals surface area contributed by atoms with Gasteiger partial charge in [-0.1, -0.05) is 6.07 Å². The topological polar surface area (TPSA) is 46.5 Å². The average Bonchev–Trinajstić information content (AvgIpc) is 2.41. The molecule has 19 heavy (non-hydrogen) atoms. The second-order valence-corrected chi connectivity index (χ2v) is 3.85. The van der Waals surface area contributed by atoms with Gasteiger partial charge in [0, 0.05) is 5.56 Å². The van der Waals surface area contributed by atoms with Crippen LogP contribution in [0.5, 0.6) is 5.75 Å². The Balaban J connectivity index is 2.55. The van der Waals surface area contributed by atoms with Crippen molar-refractivity contribution in [3.63, 3.8) is 0 Å². The number of carbonyl (C=O) groups is 1. The van der Waals surface area contributed by atoms with Gasteiger partial charge in [-0.15, -0.1) is 0 Å². The van der Waals surface area contributed by atoms with Crippen LogP contribution in [0.15, 0.2) is 36.4 Å². The number of carboxylic acid groups (broad SMARTS) is 1. The van der Waals surface area contributed by atoms with Crippen molar-refractivity contribution in [3.8, 4) is 16.9 Å². The summed E-state index contributed by atoms with van der Waals surface area (Å²) in [6, 6.07) is 7.65. The van der Waals surface area contributed by atoms with Gasteiger partial charge in [0.2, 0.25) is 0 Å². The van der Waals surface area contributed by atoms with E-state index in [9.17, 15) is 13.6 Å². The first-order valence-electron chi connectivity index (χ1n) is 5.39. The van der Waals surface area contributed by atoms with Crippen LogP contribution in [0.4, 0.5) is 8.78 Å². The Hall–Kier alpha value is -2.43. The summed E-state index contributed by atoms with van der Waals surface area (Å²) in [5.74, 6) is -2.72. The van der Waals surface area contributed by atoms with Crippen LogP contribution < -0.4 is 4.74 Å². The molecule has 98 valence electrons. The Labute approximate surface area is 108 Å². The molecule has 2 rings (SSSR count). The molecule has 0 saturated carbocycles.